The largest absolute Gasteiger partial charge is 0.493 e. The minimum absolute atomic E-state index is 0.103. The Morgan fingerprint density at radius 1 is 1.07 bits per heavy atom. The van der Waals surface area contributed by atoms with Crippen molar-refractivity contribution in [3.05, 3.63) is 47.5 Å². The van der Waals surface area contributed by atoms with Gasteiger partial charge in [-0.25, -0.2) is 4.79 Å². The highest BCUT2D eigenvalue weighted by Gasteiger charge is 2.18. The zero-order chi connectivity index (χ0) is 20.7. The molecule has 2 N–H and O–H groups in total. The lowest BCUT2D eigenvalue weighted by Crippen LogP contribution is -2.21. The molecule has 1 atom stereocenters. The van der Waals surface area contributed by atoms with Crippen LogP contribution in [0.15, 0.2) is 36.4 Å². The van der Waals surface area contributed by atoms with Gasteiger partial charge in [-0.15, -0.1) is 0 Å². The van der Waals surface area contributed by atoms with E-state index >= 15 is 0 Å². The molecule has 150 valence electrons. The Kier molecular flexibility index (Phi) is 7.26. The summed E-state index contributed by atoms with van der Waals surface area (Å²) >= 11 is 0. The van der Waals surface area contributed by atoms with Gasteiger partial charge < -0.3 is 24.6 Å². The minimum Gasteiger partial charge on any atom is -0.493 e. The van der Waals surface area contributed by atoms with Gasteiger partial charge in [0.05, 0.1) is 25.5 Å². The number of carbonyl (C=O) groups is 2. The van der Waals surface area contributed by atoms with Crippen molar-refractivity contribution in [2.75, 3.05) is 26.1 Å². The molecule has 0 fully saturated rings. The summed E-state index contributed by atoms with van der Waals surface area (Å²) in [5, 5.41) is 11.9. The molecular formula is C21H25NO6. The van der Waals surface area contributed by atoms with Gasteiger partial charge in [0.25, 0.3) is 5.91 Å². The van der Waals surface area contributed by atoms with Crippen molar-refractivity contribution in [1.29, 1.82) is 0 Å². The molecule has 0 aliphatic heterocycles. The molecule has 2 aromatic rings. The van der Waals surface area contributed by atoms with Gasteiger partial charge in [0.15, 0.2) is 18.1 Å². The van der Waals surface area contributed by atoms with E-state index < -0.39 is 11.9 Å². The molecule has 7 heteroatoms. The summed E-state index contributed by atoms with van der Waals surface area (Å²) in [5.41, 5.74) is 1.20. The molecule has 28 heavy (non-hydrogen) atoms. The lowest BCUT2D eigenvalue weighted by Gasteiger charge is -2.14. The topological polar surface area (TPSA) is 94.1 Å². The number of amides is 1. The molecule has 0 bridgehead atoms. The molecule has 1 unspecified atom stereocenters. The number of hydrogen-bond donors (Lipinski definition) is 2. The third-order valence-corrected chi connectivity index (χ3v) is 4.46. The fraction of sp³-hybridized carbons (Fsp3) is 0.333. The number of benzene rings is 2. The van der Waals surface area contributed by atoms with E-state index in [0.717, 1.165) is 6.42 Å². The maximum Gasteiger partial charge on any atom is 0.337 e. The monoisotopic (exact) mass is 387 g/mol. The number of carboxylic acid groups (broad SMARTS) is 1. The Labute approximate surface area is 164 Å². The maximum atomic E-state index is 12.2. The van der Waals surface area contributed by atoms with Gasteiger partial charge >= 0.3 is 5.97 Å². The number of ether oxygens (including phenoxy) is 3. The molecule has 7 nitrogen and oxygen atoms in total. The zero-order valence-corrected chi connectivity index (χ0v) is 16.4. The van der Waals surface area contributed by atoms with Gasteiger partial charge in [0.1, 0.15) is 5.75 Å². The van der Waals surface area contributed by atoms with Gasteiger partial charge in [-0.1, -0.05) is 26.0 Å². The normalized spacial score (nSPS) is 11.4. The molecule has 0 aliphatic rings. The van der Waals surface area contributed by atoms with Gasteiger partial charge in [0.2, 0.25) is 0 Å². The number of carbonyl (C=O) groups excluding carboxylic acids is 1. The third-order valence-electron chi connectivity index (χ3n) is 4.46. The van der Waals surface area contributed by atoms with Crippen LogP contribution in [-0.2, 0) is 4.79 Å². The SMILES string of the molecule is CCC(C)c1ccc(OCC(=O)Nc2cc(OC)c(OC)cc2C(=O)O)cc1. The number of rotatable bonds is 9. The van der Waals surface area contributed by atoms with Crippen LogP contribution in [0.3, 0.4) is 0 Å². The van der Waals surface area contributed by atoms with Crippen molar-refractivity contribution in [3.8, 4) is 17.2 Å². The Bertz CT molecular complexity index is 832. The second-order valence-corrected chi connectivity index (χ2v) is 6.27. The van der Waals surface area contributed by atoms with E-state index in [1.165, 1.54) is 31.9 Å². The number of methoxy groups -OCH3 is 2. The number of aromatic carboxylic acids is 1. The summed E-state index contributed by atoms with van der Waals surface area (Å²) in [6.45, 7) is 4.02. The average Bonchev–Trinajstić information content (AvgIpc) is 2.71. The molecule has 0 aromatic heterocycles. The lowest BCUT2D eigenvalue weighted by molar-refractivity contribution is -0.118. The Balaban J connectivity index is 2.07. The summed E-state index contributed by atoms with van der Waals surface area (Å²) in [7, 11) is 2.83. The minimum atomic E-state index is -1.20. The first-order valence-electron chi connectivity index (χ1n) is 8.91. The highest BCUT2D eigenvalue weighted by Crippen LogP contribution is 2.33. The van der Waals surface area contributed by atoms with Crippen LogP contribution in [-0.4, -0.2) is 37.8 Å². The Hall–Kier alpha value is -3.22. The lowest BCUT2D eigenvalue weighted by atomic mass is 9.99. The van der Waals surface area contributed by atoms with E-state index in [2.05, 4.69) is 19.2 Å². The van der Waals surface area contributed by atoms with Gasteiger partial charge in [-0.05, 0) is 30.0 Å². The second kappa shape index (κ2) is 9.64. The first-order chi connectivity index (χ1) is 13.4. The zero-order valence-electron chi connectivity index (χ0n) is 16.4. The number of hydrogen-bond acceptors (Lipinski definition) is 5. The molecule has 0 saturated carbocycles. The summed E-state index contributed by atoms with van der Waals surface area (Å²) in [5.74, 6) is -0.0942. The van der Waals surface area contributed by atoms with E-state index in [0.29, 0.717) is 17.4 Å². The van der Waals surface area contributed by atoms with E-state index in [4.69, 9.17) is 14.2 Å². The molecular weight excluding hydrogens is 362 g/mol. The summed E-state index contributed by atoms with van der Waals surface area (Å²) < 4.78 is 15.8. The molecule has 0 radical (unpaired) electrons. The van der Waals surface area contributed by atoms with Crippen molar-refractivity contribution >= 4 is 17.6 Å². The average molecular weight is 387 g/mol. The van der Waals surface area contributed by atoms with E-state index in [1.807, 2.05) is 24.3 Å². The van der Waals surface area contributed by atoms with Crippen LogP contribution in [0.2, 0.25) is 0 Å². The van der Waals surface area contributed by atoms with Crippen molar-refractivity contribution < 1.29 is 28.9 Å². The fourth-order valence-electron chi connectivity index (χ4n) is 2.62. The Morgan fingerprint density at radius 2 is 1.68 bits per heavy atom. The highest BCUT2D eigenvalue weighted by molar-refractivity contribution is 6.01. The molecule has 0 spiro atoms. The van der Waals surface area contributed by atoms with Crippen molar-refractivity contribution in [1.82, 2.24) is 0 Å². The van der Waals surface area contributed by atoms with Gasteiger partial charge in [-0.3, -0.25) is 4.79 Å². The van der Waals surface area contributed by atoms with Crippen LogP contribution < -0.4 is 19.5 Å². The standard InChI is InChI=1S/C21H25NO6/c1-5-13(2)14-6-8-15(9-7-14)28-12-20(23)22-17-11-19(27-4)18(26-3)10-16(17)21(24)25/h6-11,13H,5,12H2,1-4H3,(H,22,23)(H,24,25). The second-order valence-electron chi connectivity index (χ2n) is 6.27. The van der Waals surface area contributed by atoms with Crippen LogP contribution in [0, 0.1) is 0 Å². The van der Waals surface area contributed by atoms with E-state index in [9.17, 15) is 14.7 Å². The van der Waals surface area contributed by atoms with Crippen molar-refractivity contribution in [2.45, 2.75) is 26.2 Å². The highest BCUT2D eigenvalue weighted by atomic mass is 16.5. The molecule has 0 heterocycles. The Morgan fingerprint density at radius 3 is 2.21 bits per heavy atom. The molecule has 0 aliphatic carbocycles. The molecule has 1 amide bonds. The predicted octanol–water partition coefficient (Wildman–Crippen LogP) is 3.93. The third kappa shape index (κ3) is 5.16. The molecule has 0 saturated heterocycles. The van der Waals surface area contributed by atoms with Crippen LogP contribution in [0.25, 0.3) is 0 Å². The first kappa shape index (κ1) is 21.1. The van der Waals surface area contributed by atoms with Crippen LogP contribution in [0.4, 0.5) is 5.69 Å². The molecule has 2 aromatic carbocycles. The summed E-state index contributed by atoms with van der Waals surface area (Å²) in [6.07, 6.45) is 1.04. The van der Waals surface area contributed by atoms with Crippen molar-refractivity contribution in [3.63, 3.8) is 0 Å². The molecule has 2 rings (SSSR count). The maximum absolute atomic E-state index is 12.2. The van der Waals surface area contributed by atoms with Gasteiger partial charge in [-0.2, -0.15) is 0 Å². The smallest absolute Gasteiger partial charge is 0.337 e. The fourth-order valence-corrected chi connectivity index (χ4v) is 2.62. The van der Waals surface area contributed by atoms with Gasteiger partial charge in [0, 0.05) is 12.1 Å². The number of nitrogens with one attached hydrogen (secondary N) is 1. The van der Waals surface area contributed by atoms with Crippen LogP contribution in [0.1, 0.15) is 42.1 Å². The van der Waals surface area contributed by atoms with Crippen molar-refractivity contribution in [2.24, 2.45) is 0 Å². The van der Waals surface area contributed by atoms with Crippen LogP contribution >= 0.6 is 0 Å². The van der Waals surface area contributed by atoms with Crippen LogP contribution in [0.5, 0.6) is 17.2 Å². The number of anilines is 1. The summed E-state index contributed by atoms with van der Waals surface area (Å²) in [6, 6.07) is 10.3. The van der Waals surface area contributed by atoms with E-state index in [1.54, 1.807) is 0 Å². The first-order valence-corrected chi connectivity index (χ1v) is 8.91. The predicted molar refractivity (Wildman–Crippen MR) is 106 cm³/mol. The quantitative estimate of drug-likeness (QED) is 0.677. The number of carboxylic acids is 1. The van der Waals surface area contributed by atoms with E-state index in [-0.39, 0.29) is 23.6 Å². The summed E-state index contributed by atoms with van der Waals surface area (Å²) in [4.78, 5) is 23.7.